The summed E-state index contributed by atoms with van der Waals surface area (Å²) in [6.07, 6.45) is 0. The van der Waals surface area contributed by atoms with Crippen molar-refractivity contribution in [2.24, 2.45) is 10.7 Å². The van der Waals surface area contributed by atoms with Gasteiger partial charge in [0.05, 0.1) is 17.2 Å². The second-order valence-electron chi connectivity index (χ2n) is 4.34. The highest BCUT2D eigenvalue weighted by Gasteiger charge is 2.13. The fraction of sp³-hybridized carbons (Fsp3) is 0.417. The molecule has 106 valence electrons. The zero-order valence-electron chi connectivity index (χ0n) is 10.9. The highest BCUT2D eigenvalue weighted by Crippen LogP contribution is 2.11. The van der Waals surface area contributed by atoms with E-state index >= 15 is 0 Å². The fourth-order valence-electron chi connectivity index (χ4n) is 1.39. The van der Waals surface area contributed by atoms with E-state index in [1.54, 1.807) is 0 Å². The molecule has 19 heavy (non-hydrogen) atoms. The summed E-state index contributed by atoms with van der Waals surface area (Å²) in [5.41, 5.74) is 5.56. The quantitative estimate of drug-likeness (QED) is 0.479. The van der Waals surface area contributed by atoms with Crippen LogP contribution >= 0.6 is 0 Å². The van der Waals surface area contributed by atoms with Crippen molar-refractivity contribution in [2.45, 2.75) is 24.8 Å². The molecule has 0 aliphatic carbocycles. The van der Waals surface area contributed by atoms with Crippen LogP contribution in [0, 0.1) is 5.82 Å². The van der Waals surface area contributed by atoms with E-state index in [-0.39, 0.29) is 29.2 Å². The van der Waals surface area contributed by atoms with Crippen LogP contribution in [-0.4, -0.2) is 32.7 Å². The van der Waals surface area contributed by atoms with Crippen LogP contribution in [0.25, 0.3) is 0 Å². The first kappa shape index (κ1) is 15.4. The lowest BCUT2D eigenvalue weighted by Gasteiger charge is -2.08. The van der Waals surface area contributed by atoms with Crippen LogP contribution in [-0.2, 0) is 9.84 Å². The summed E-state index contributed by atoms with van der Waals surface area (Å²) in [5.74, 6) is -0.425. The van der Waals surface area contributed by atoms with Gasteiger partial charge in [0.2, 0.25) is 0 Å². The van der Waals surface area contributed by atoms with Gasteiger partial charge in [0, 0.05) is 6.04 Å². The number of halogens is 1. The fourth-order valence-corrected chi connectivity index (χ4v) is 2.51. The summed E-state index contributed by atoms with van der Waals surface area (Å²) in [6, 6.07) is 4.85. The van der Waals surface area contributed by atoms with Crippen molar-refractivity contribution in [3.63, 3.8) is 0 Å². The molecular formula is C12H18FN3O2S. The second-order valence-corrected chi connectivity index (χ2v) is 6.45. The maximum atomic E-state index is 12.7. The minimum Gasteiger partial charge on any atom is -0.370 e. The predicted octanol–water partition coefficient (Wildman–Crippen LogP) is 0.912. The molecule has 1 aromatic carbocycles. The van der Waals surface area contributed by atoms with Gasteiger partial charge < -0.3 is 11.1 Å². The molecule has 0 aliphatic rings. The van der Waals surface area contributed by atoms with Gasteiger partial charge in [-0.1, -0.05) is 0 Å². The maximum Gasteiger partial charge on any atom is 0.188 e. The Hall–Kier alpha value is -1.63. The Bertz CT molecular complexity index is 539. The number of aliphatic imine (C=N–C) groups is 1. The van der Waals surface area contributed by atoms with Gasteiger partial charge in [-0.3, -0.25) is 4.99 Å². The number of sulfone groups is 1. The van der Waals surface area contributed by atoms with Gasteiger partial charge >= 0.3 is 0 Å². The van der Waals surface area contributed by atoms with Crippen molar-refractivity contribution < 1.29 is 12.8 Å². The monoisotopic (exact) mass is 287 g/mol. The van der Waals surface area contributed by atoms with Crippen LogP contribution in [0.1, 0.15) is 13.8 Å². The highest BCUT2D eigenvalue weighted by atomic mass is 32.2. The minimum atomic E-state index is -3.46. The summed E-state index contributed by atoms with van der Waals surface area (Å²) < 4.78 is 36.5. The molecule has 0 saturated carbocycles. The number of nitrogens with one attached hydrogen (secondary N) is 1. The zero-order chi connectivity index (χ0) is 14.5. The van der Waals surface area contributed by atoms with Crippen LogP contribution in [0.5, 0.6) is 0 Å². The summed E-state index contributed by atoms with van der Waals surface area (Å²) in [7, 11) is -3.46. The number of guanidine groups is 1. The van der Waals surface area contributed by atoms with E-state index in [1.807, 2.05) is 13.8 Å². The Morgan fingerprint density at radius 1 is 1.37 bits per heavy atom. The molecule has 0 aliphatic heterocycles. The zero-order valence-corrected chi connectivity index (χ0v) is 11.7. The topological polar surface area (TPSA) is 84.5 Å². The minimum absolute atomic E-state index is 0.0608. The molecule has 0 bridgehead atoms. The number of hydrogen-bond acceptors (Lipinski definition) is 3. The Kier molecular flexibility index (Phi) is 5.29. The third kappa shape index (κ3) is 5.25. The van der Waals surface area contributed by atoms with Crippen LogP contribution in [0.2, 0.25) is 0 Å². The van der Waals surface area contributed by atoms with Gasteiger partial charge in [0.1, 0.15) is 5.82 Å². The van der Waals surface area contributed by atoms with Gasteiger partial charge in [-0.15, -0.1) is 0 Å². The molecule has 0 fully saturated rings. The Balaban J connectivity index is 2.64. The summed E-state index contributed by atoms with van der Waals surface area (Å²) in [6.45, 7) is 3.86. The van der Waals surface area contributed by atoms with E-state index in [1.165, 1.54) is 12.1 Å². The molecule has 0 amide bonds. The third-order valence-electron chi connectivity index (χ3n) is 2.25. The number of benzene rings is 1. The summed E-state index contributed by atoms with van der Waals surface area (Å²) >= 11 is 0. The van der Waals surface area contributed by atoms with Gasteiger partial charge in [0.15, 0.2) is 15.8 Å². The summed E-state index contributed by atoms with van der Waals surface area (Å²) in [5, 5.41) is 2.86. The number of nitrogens with zero attached hydrogens (tertiary/aromatic N) is 1. The second kappa shape index (κ2) is 6.51. The first-order valence-corrected chi connectivity index (χ1v) is 7.51. The molecule has 1 rings (SSSR count). The van der Waals surface area contributed by atoms with E-state index in [9.17, 15) is 12.8 Å². The Labute approximate surface area is 112 Å². The van der Waals surface area contributed by atoms with Gasteiger partial charge in [-0.05, 0) is 38.1 Å². The molecule has 0 aromatic heterocycles. The number of hydrogen-bond donors (Lipinski definition) is 2. The third-order valence-corrected chi connectivity index (χ3v) is 3.96. The van der Waals surface area contributed by atoms with Crippen LogP contribution in [0.4, 0.5) is 4.39 Å². The molecule has 0 spiro atoms. The van der Waals surface area contributed by atoms with E-state index in [0.717, 1.165) is 12.1 Å². The van der Waals surface area contributed by atoms with E-state index < -0.39 is 15.7 Å². The molecule has 1 aromatic rings. The predicted molar refractivity (Wildman–Crippen MR) is 73.2 cm³/mol. The van der Waals surface area contributed by atoms with Crippen LogP contribution < -0.4 is 11.1 Å². The Morgan fingerprint density at radius 3 is 2.47 bits per heavy atom. The van der Waals surface area contributed by atoms with Crippen molar-refractivity contribution in [1.82, 2.24) is 5.32 Å². The lowest BCUT2D eigenvalue weighted by atomic mass is 10.4. The number of rotatable bonds is 5. The van der Waals surface area contributed by atoms with E-state index in [4.69, 9.17) is 5.73 Å². The molecule has 0 unspecified atom stereocenters. The van der Waals surface area contributed by atoms with E-state index in [2.05, 4.69) is 10.3 Å². The first-order valence-electron chi connectivity index (χ1n) is 5.86. The Morgan fingerprint density at radius 2 is 1.95 bits per heavy atom. The SMILES string of the molecule is CC(C)NC(N)=NCCS(=O)(=O)c1ccc(F)cc1. The molecule has 5 nitrogen and oxygen atoms in total. The van der Waals surface area contributed by atoms with Crippen molar-refractivity contribution in [1.29, 1.82) is 0 Å². The molecular weight excluding hydrogens is 269 g/mol. The maximum absolute atomic E-state index is 12.7. The van der Waals surface area contributed by atoms with Crippen molar-refractivity contribution in [2.75, 3.05) is 12.3 Å². The lowest BCUT2D eigenvalue weighted by Crippen LogP contribution is -2.37. The first-order chi connectivity index (χ1) is 8.81. The van der Waals surface area contributed by atoms with Crippen molar-refractivity contribution >= 4 is 15.8 Å². The molecule has 0 radical (unpaired) electrons. The smallest absolute Gasteiger partial charge is 0.188 e. The molecule has 0 heterocycles. The highest BCUT2D eigenvalue weighted by molar-refractivity contribution is 7.91. The number of nitrogens with two attached hydrogens (primary N) is 1. The molecule has 3 N–H and O–H groups in total. The normalized spacial score (nSPS) is 12.7. The van der Waals surface area contributed by atoms with E-state index in [0.29, 0.717) is 0 Å². The largest absolute Gasteiger partial charge is 0.370 e. The average Bonchev–Trinajstić information content (AvgIpc) is 2.28. The van der Waals surface area contributed by atoms with Crippen LogP contribution in [0.15, 0.2) is 34.2 Å². The molecule has 7 heteroatoms. The lowest BCUT2D eigenvalue weighted by molar-refractivity contribution is 0.594. The summed E-state index contributed by atoms with van der Waals surface area (Å²) in [4.78, 5) is 4.01. The molecule has 0 atom stereocenters. The standard InChI is InChI=1S/C12H18FN3O2S/c1-9(2)16-12(14)15-7-8-19(17,18)11-5-3-10(13)4-6-11/h3-6,9H,7-8H2,1-2H3,(H3,14,15,16). The van der Waals surface area contributed by atoms with Gasteiger partial charge in [-0.25, -0.2) is 12.8 Å². The van der Waals surface area contributed by atoms with Crippen molar-refractivity contribution in [3.05, 3.63) is 30.1 Å². The van der Waals surface area contributed by atoms with Gasteiger partial charge in [-0.2, -0.15) is 0 Å². The molecule has 0 saturated heterocycles. The van der Waals surface area contributed by atoms with Crippen molar-refractivity contribution in [3.8, 4) is 0 Å². The average molecular weight is 287 g/mol. The van der Waals surface area contributed by atoms with Gasteiger partial charge in [0.25, 0.3) is 0 Å². The van der Waals surface area contributed by atoms with Crippen LogP contribution in [0.3, 0.4) is 0 Å².